The maximum Gasteiger partial charge on any atom is 0.322 e. The first-order valence-electron chi connectivity index (χ1n) is 7.48. The lowest BCUT2D eigenvalue weighted by atomic mass is 10.3. The third-order valence-corrected chi connectivity index (χ3v) is 4.44. The SMILES string of the molecule is CCCCS(=O)(=O)Nc1ccc(Oc2nc(C)cc(C)n2)cc1. The predicted octanol–water partition coefficient (Wildman–Crippen LogP) is 3.43. The van der Waals surface area contributed by atoms with E-state index in [0.717, 1.165) is 17.8 Å². The fraction of sp³-hybridized carbons (Fsp3) is 0.375. The minimum atomic E-state index is -3.30. The van der Waals surface area contributed by atoms with Crippen molar-refractivity contribution in [3.05, 3.63) is 41.7 Å². The molecule has 0 radical (unpaired) electrons. The molecule has 2 aromatic rings. The molecule has 0 saturated heterocycles. The van der Waals surface area contributed by atoms with Crippen LogP contribution in [0, 0.1) is 13.8 Å². The molecule has 0 aliphatic rings. The molecular weight excluding hydrogens is 314 g/mol. The fourth-order valence-corrected chi connectivity index (χ4v) is 3.27. The number of nitrogens with one attached hydrogen (secondary N) is 1. The second-order valence-electron chi connectivity index (χ2n) is 5.33. The molecule has 0 aliphatic heterocycles. The van der Waals surface area contributed by atoms with Gasteiger partial charge in [-0.2, -0.15) is 0 Å². The van der Waals surface area contributed by atoms with Crippen LogP contribution >= 0.6 is 0 Å². The van der Waals surface area contributed by atoms with Crippen molar-refractivity contribution in [2.24, 2.45) is 0 Å². The molecule has 0 spiro atoms. The Labute approximate surface area is 137 Å². The summed E-state index contributed by atoms with van der Waals surface area (Å²) in [5.74, 6) is 0.671. The van der Waals surface area contributed by atoms with Crippen molar-refractivity contribution in [2.45, 2.75) is 33.6 Å². The molecule has 6 nitrogen and oxygen atoms in total. The number of aromatic nitrogens is 2. The fourth-order valence-electron chi connectivity index (χ4n) is 2.00. The van der Waals surface area contributed by atoms with Crippen molar-refractivity contribution in [1.82, 2.24) is 9.97 Å². The van der Waals surface area contributed by atoms with Crippen LogP contribution in [0.5, 0.6) is 11.8 Å². The maximum absolute atomic E-state index is 11.8. The van der Waals surface area contributed by atoms with E-state index < -0.39 is 10.0 Å². The Morgan fingerprint density at radius 3 is 2.26 bits per heavy atom. The Balaban J connectivity index is 2.04. The summed E-state index contributed by atoms with van der Waals surface area (Å²) in [7, 11) is -3.30. The second-order valence-corrected chi connectivity index (χ2v) is 7.18. The van der Waals surface area contributed by atoms with E-state index in [0.29, 0.717) is 17.9 Å². The molecule has 0 atom stereocenters. The number of unbranched alkanes of at least 4 members (excludes halogenated alkanes) is 1. The Kier molecular flexibility index (Phi) is 5.54. The van der Waals surface area contributed by atoms with Gasteiger partial charge < -0.3 is 4.74 Å². The second kappa shape index (κ2) is 7.41. The van der Waals surface area contributed by atoms with Gasteiger partial charge in [-0.3, -0.25) is 4.72 Å². The van der Waals surface area contributed by atoms with E-state index in [4.69, 9.17) is 4.74 Å². The van der Waals surface area contributed by atoms with Crippen LogP contribution in [0.15, 0.2) is 30.3 Å². The molecule has 2 rings (SSSR count). The number of benzene rings is 1. The summed E-state index contributed by atoms with van der Waals surface area (Å²) < 4.78 is 31.8. The van der Waals surface area contributed by atoms with Crippen molar-refractivity contribution < 1.29 is 13.2 Å². The predicted molar refractivity (Wildman–Crippen MR) is 90.3 cm³/mol. The van der Waals surface area contributed by atoms with Crippen molar-refractivity contribution >= 4 is 15.7 Å². The molecule has 23 heavy (non-hydrogen) atoms. The molecule has 1 aromatic heterocycles. The summed E-state index contributed by atoms with van der Waals surface area (Å²) in [5, 5.41) is 0. The molecule has 0 bridgehead atoms. The van der Waals surface area contributed by atoms with Crippen molar-refractivity contribution in [3.63, 3.8) is 0 Å². The molecule has 0 fully saturated rings. The summed E-state index contributed by atoms with van der Waals surface area (Å²) >= 11 is 0. The number of hydrogen-bond acceptors (Lipinski definition) is 5. The summed E-state index contributed by atoms with van der Waals surface area (Å²) in [4.78, 5) is 8.40. The Hall–Kier alpha value is -2.15. The van der Waals surface area contributed by atoms with E-state index in [9.17, 15) is 8.42 Å². The molecule has 1 heterocycles. The minimum absolute atomic E-state index is 0.123. The van der Waals surface area contributed by atoms with Gasteiger partial charge in [0.1, 0.15) is 5.75 Å². The number of anilines is 1. The van der Waals surface area contributed by atoms with Gasteiger partial charge in [-0.05, 0) is 50.6 Å². The van der Waals surface area contributed by atoms with Crippen LogP contribution in [0.4, 0.5) is 5.69 Å². The van der Waals surface area contributed by atoms with Crippen molar-refractivity contribution in [3.8, 4) is 11.8 Å². The van der Waals surface area contributed by atoms with E-state index in [-0.39, 0.29) is 11.8 Å². The smallest absolute Gasteiger partial charge is 0.322 e. The van der Waals surface area contributed by atoms with Gasteiger partial charge in [-0.15, -0.1) is 0 Å². The summed E-state index contributed by atoms with van der Waals surface area (Å²) in [5.41, 5.74) is 2.16. The van der Waals surface area contributed by atoms with Crippen LogP contribution in [-0.2, 0) is 10.0 Å². The number of ether oxygens (including phenoxy) is 1. The maximum atomic E-state index is 11.8. The number of nitrogens with zero attached hydrogens (tertiary/aromatic N) is 2. The van der Waals surface area contributed by atoms with Gasteiger partial charge in [0.2, 0.25) is 10.0 Å². The van der Waals surface area contributed by atoms with Crippen molar-refractivity contribution in [2.75, 3.05) is 10.5 Å². The molecule has 0 unspecified atom stereocenters. The highest BCUT2D eigenvalue weighted by Crippen LogP contribution is 2.21. The number of sulfonamides is 1. The Morgan fingerprint density at radius 1 is 1.09 bits per heavy atom. The normalized spacial score (nSPS) is 11.3. The number of hydrogen-bond donors (Lipinski definition) is 1. The lowest BCUT2D eigenvalue weighted by molar-refractivity contribution is 0.439. The topological polar surface area (TPSA) is 81.2 Å². The average Bonchev–Trinajstić information content (AvgIpc) is 2.46. The van der Waals surface area contributed by atoms with Crippen molar-refractivity contribution in [1.29, 1.82) is 0 Å². The van der Waals surface area contributed by atoms with E-state index >= 15 is 0 Å². The minimum Gasteiger partial charge on any atom is -0.424 e. The quantitative estimate of drug-likeness (QED) is 0.838. The monoisotopic (exact) mass is 335 g/mol. The largest absolute Gasteiger partial charge is 0.424 e. The van der Waals surface area contributed by atoms with Crippen LogP contribution in [-0.4, -0.2) is 24.1 Å². The van der Waals surface area contributed by atoms with Crippen LogP contribution in [0.25, 0.3) is 0 Å². The standard InChI is InChI=1S/C16H21N3O3S/c1-4-5-10-23(20,21)19-14-6-8-15(9-7-14)22-16-17-12(2)11-13(3)18-16/h6-9,11,19H,4-5,10H2,1-3H3. The average molecular weight is 335 g/mol. The highest BCUT2D eigenvalue weighted by molar-refractivity contribution is 7.92. The number of aryl methyl sites for hydroxylation is 2. The first-order chi connectivity index (χ1) is 10.9. The van der Waals surface area contributed by atoms with Gasteiger partial charge in [0.05, 0.1) is 5.75 Å². The lowest BCUT2D eigenvalue weighted by Crippen LogP contribution is -2.16. The Morgan fingerprint density at radius 2 is 1.70 bits per heavy atom. The molecular formula is C16H21N3O3S. The summed E-state index contributed by atoms with van der Waals surface area (Å²) in [6, 6.07) is 8.81. The molecule has 1 aromatic carbocycles. The van der Waals surface area contributed by atoms with Crippen LogP contribution < -0.4 is 9.46 Å². The highest BCUT2D eigenvalue weighted by Gasteiger charge is 2.10. The van der Waals surface area contributed by atoms with Gasteiger partial charge in [0, 0.05) is 17.1 Å². The molecule has 124 valence electrons. The Bertz CT molecular complexity index is 738. The lowest BCUT2D eigenvalue weighted by Gasteiger charge is -2.09. The molecule has 0 amide bonds. The zero-order valence-electron chi connectivity index (χ0n) is 13.5. The zero-order valence-corrected chi connectivity index (χ0v) is 14.4. The highest BCUT2D eigenvalue weighted by atomic mass is 32.2. The van der Waals surface area contributed by atoms with Crippen LogP contribution in [0.1, 0.15) is 31.2 Å². The van der Waals surface area contributed by atoms with Gasteiger partial charge in [0.15, 0.2) is 0 Å². The van der Waals surface area contributed by atoms with E-state index in [1.165, 1.54) is 0 Å². The van der Waals surface area contributed by atoms with Gasteiger partial charge in [-0.1, -0.05) is 13.3 Å². The molecule has 0 aliphatic carbocycles. The molecule has 7 heteroatoms. The third-order valence-electron chi connectivity index (χ3n) is 3.07. The summed E-state index contributed by atoms with van der Waals surface area (Å²) in [6.07, 6.45) is 1.48. The van der Waals surface area contributed by atoms with E-state index in [2.05, 4.69) is 14.7 Å². The third kappa shape index (κ3) is 5.52. The molecule has 0 saturated carbocycles. The van der Waals surface area contributed by atoms with Crippen LogP contribution in [0.2, 0.25) is 0 Å². The van der Waals surface area contributed by atoms with E-state index in [1.54, 1.807) is 24.3 Å². The van der Waals surface area contributed by atoms with E-state index in [1.807, 2.05) is 26.8 Å². The van der Waals surface area contributed by atoms with Gasteiger partial charge in [0.25, 0.3) is 0 Å². The van der Waals surface area contributed by atoms with Gasteiger partial charge >= 0.3 is 6.01 Å². The van der Waals surface area contributed by atoms with Crippen LogP contribution in [0.3, 0.4) is 0 Å². The number of rotatable bonds is 7. The first kappa shape index (κ1) is 17.2. The first-order valence-corrected chi connectivity index (χ1v) is 9.14. The zero-order chi connectivity index (χ0) is 16.9. The molecule has 1 N–H and O–H groups in total. The summed E-state index contributed by atoms with van der Waals surface area (Å²) in [6.45, 7) is 5.70. The van der Waals surface area contributed by atoms with Gasteiger partial charge in [-0.25, -0.2) is 18.4 Å².